The summed E-state index contributed by atoms with van der Waals surface area (Å²) in [4.78, 5) is 24.0. The number of Topliss-reactive ketones (excluding diaryl/α,β-unsaturated/α-hetero) is 1. The number of carbonyl (C=O) groups excluding carboxylic acids is 2. The molecule has 1 aliphatic rings. The van der Waals surface area contributed by atoms with Crippen LogP contribution in [-0.4, -0.2) is 28.6 Å². The summed E-state index contributed by atoms with van der Waals surface area (Å²) in [5.74, 6) is -0.489. The van der Waals surface area contributed by atoms with E-state index in [0.29, 0.717) is 17.9 Å². The minimum Gasteiger partial charge on any atom is -0.468 e. The topological polar surface area (TPSA) is 59.0 Å². The maximum atomic E-state index is 12.1. The Hall–Kier alpha value is -2.69. The number of hydrogen-bond donors (Lipinski definition) is 0. The number of ether oxygens (including phenoxy) is 1. The first-order chi connectivity index (χ1) is 11.1. The second-order valence-corrected chi connectivity index (χ2v) is 5.47. The summed E-state index contributed by atoms with van der Waals surface area (Å²) >= 11 is 0. The van der Waals surface area contributed by atoms with Crippen molar-refractivity contribution in [3.05, 3.63) is 42.5 Å². The quantitative estimate of drug-likeness (QED) is 0.797. The summed E-state index contributed by atoms with van der Waals surface area (Å²) in [6.07, 6.45) is 0.623. The molecule has 5 heteroatoms. The summed E-state index contributed by atoms with van der Waals surface area (Å²) < 4.78 is 5.90. The molecule has 0 spiro atoms. The van der Waals surface area contributed by atoms with Crippen molar-refractivity contribution in [2.75, 3.05) is 0 Å². The van der Waals surface area contributed by atoms with Crippen LogP contribution in [0.1, 0.15) is 26.7 Å². The van der Waals surface area contributed by atoms with E-state index in [0.717, 1.165) is 22.2 Å². The Labute approximate surface area is 134 Å². The number of benzene rings is 2. The number of hydrazone groups is 1. The third-order valence-corrected chi connectivity index (χ3v) is 3.77. The van der Waals surface area contributed by atoms with Gasteiger partial charge in [0.2, 0.25) is 0 Å². The van der Waals surface area contributed by atoms with Gasteiger partial charge in [-0.3, -0.25) is 9.59 Å². The van der Waals surface area contributed by atoms with Crippen molar-refractivity contribution in [1.82, 2.24) is 5.01 Å². The molecule has 23 heavy (non-hydrogen) atoms. The summed E-state index contributed by atoms with van der Waals surface area (Å²) in [7, 11) is 0. The van der Waals surface area contributed by atoms with Crippen molar-refractivity contribution in [1.29, 1.82) is 0 Å². The van der Waals surface area contributed by atoms with E-state index in [1.807, 2.05) is 49.4 Å². The molecule has 1 heterocycles. The standard InChI is InChI=1S/C18H18N2O3/c1-3-7-15-17(21)18(22)20(19-15)12(2)23-16-11-6-9-13-8-4-5-10-14(13)16/h4-6,8-12H,3,7H2,1-2H3. The van der Waals surface area contributed by atoms with Crippen LogP contribution >= 0.6 is 0 Å². The summed E-state index contributed by atoms with van der Waals surface area (Å²) in [6.45, 7) is 3.66. The van der Waals surface area contributed by atoms with Crippen LogP contribution in [0.2, 0.25) is 0 Å². The van der Waals surface area contributed by atoms with Gasteiger partial charge >= 0.3 is 5.91 Å². The van der Waals surface area contributed by atoms with Crippen molar-refractivity contribution in [2.24, 2.45) is 5.10 Å². The highest BCUT2D eigenvalue weighted by atomic mass is 16.5. The van der Waals surface area contributed by atoms with Gasteiger partial charge < -0.3 is 4.74 Å². The molecule has 1 aliphatic heterocycles. The molecule has 1 atom stereocenters. The van der Waals surface area contributed by atoms with E-state index in [-0.39, 0.29) is 0 Å². The number of amides is 1. The van der Waals surface area contributed by atoms with Crippen LogP contribution in [0.5, 0.6) is 5.75 Å². The number of carbonyl (C=O) groups is 2. The van der Waals surface area contributed by atoms with Crippen molar-refractivity contribution < 1.29 is 14.3 Å². The molecule has 0 bridgehead atoms. The molecule has 1 unspecified atom stereocenters. The van der Waals surface area contributed by atoms with E-state index in [9.17, 15) is 9.59 Å². The normalized spacial score (nSPS) is 15.9. The minimum absolute atomic E-state index is 0.311. The average molecular weight is 310 g/mol. The van der Waals surface area contributed by atoms with Crippen LogP contribution in [0.3, 0.4) is 0 Å². The number of fused-ring (bicyclic) bond motifs is 1. The van der Waals surface area contributed by atoms with Gasteiger partial charge in [0.15, 0.2) is 6.23 Å². The SMILES string of the molecule is CCCC1=NN(C(C)Oc2cccc3ccccc23)C(=O)C1=O. The zero-order valence-electron chi connectivity index (χ0n) is 13.2. The Morgan fingerprint density at radius 3 is 2.65 bits per heavy atom. The highest BCUT2D eigenvalue weighted by molar-refractivity contribution is 6.66. The molecular formula is C18H18N2O3. The third kappa shape index (κ3) is 2.82. The maximum Gasteiger partial charge on any atom is 0.319 e. The summed E-state index contributed by atoms with van der Waals surface area (Å²) in [5, 5.41) is 7.28. The fourth-order valence-corrected chi connectivity index (χ4v) is 2.63. The predicted molar refractivity (Wildman–Crippen MR) is 88.2 cm³/mol. The summed E-state index contributed by atoms with van der Waals surface area (Å²) in [5.41, 5.74) is 0.311. The first-order valence-electron chi connectivity index (χ1n) is 7.71. The monoisotopic (exact) mass is 310 g/mol. The van der Waals surface area contributed by atoms with Crippen molar-refractivity contribution in [2.45, 2.75) is 32.9 Å². The van der Waals surface area contributed by atoms with Crippen LogP contribution in [0.4, 0.5) is 0 Å². The Bertz CT molecular complexity index is 792. The number of ketones is 1. The van der Waals surface area contributed by atoms with Crippen LogP contribution < -0.4 is 4.74 Å². The molecule has 1 amide bonds. The predicted octanol–water partition coefficient (Wildman–Crippen LogP) is 3.13. The van der Waals surface area contributed by atoms with Gasteiger partial charge in [0.1, 0.15) is 11.5 Å². The first-order valence-corrected chi connectivity index (χ1v) is 7.71. The maximum absolute atomic E-state index is 12.1. The van der Waals surface area contributed by atoms with Gasteiger partial charge in [-0.2, -0.15) is 10.1 Å². The van der Waals surface area contributed by atoms with Crippen LogP contribution in [0.25, 0.3) is 10.8 Å². The first kappa shape index (κ1) is 15.2. The number of rotatable bonds is 5. The molecule has 2 aromatic carbocycles. The lowest BCUT2D eigenvalue weighted by Gasteiger charge is -2.22. The Morgan fingerprint density at radius 2 is 1.87 bits per heavy atom. The molecule has 0 fully saturated rings. The van der Waals surface area contributed by atoms with Crippen molar-refractivity contribution in [3.8, 4) is 5.75 Å². The summed E-state index contributed by atoms with van der Waals surface area (Å²) in [6, 6.07) is 13.6. The molecule has 0 aliphatic carbocycles. The van der Waals surface area contributed by atoms with Gasteiger partial charge in [-0.15, -0.1) is 0 Å². The van der Waals surface area contributed by atoms with Crippen molar-refractivity contribution in [3.63, 3.8) is 0 Å². The van der Waals surface area contributed by atoms with Gasteiger partial charge in [0.05, 0.1) is 0 Å². The molecule has 0 saturated carbocycles. The average Bonchev–Trinajstić information content (AvgIpc) is 2.84. The second kappa shape index (κ2) is 6.20. The number of hydrogen-bond acceptors (Lipinski definition) is 4. The molecule has 2 aromatic rings. The fraction of sp³-hybridized carbons (Fsp3) is 0.278. The van der Waals surface area contributed by atoms with Gasteiger partial charge in [-0.1, -0.05) is 49.7 Å². The molecule has 0 saturated heterocycles. The highest BCUT2D eigenvalue weighted by Gasteiger charge is 2.36. The lowest BCUT2D eigenvalue weighted by Crippen LogP contribution is -2.37. The molecule has 3 rings (SSSR count). The van der Waals surface area contributed by atoms with Gasteiger partial charge in [-0.05, 0) is 24.8 Å². The minimum atomic E-state index is -0.647. The molecule has 5 nitrogen and oxygen atoms in total. The zero-order valence-corrected chi connectivity index (χ0v) is 13.2. The van der Waals surface area contributed by atoms with E-state index in [4.69, 9.17) is 4.74 Å². The molecule has 0 N–H and O–H groups in total. The fourth-order valence-electron chi connectivity index (χ4n) is 2.63. The van der Waals surface area contributed by atoms with E-state index in [1.165, 1.54) is 0 Å². The van der Waals surface area contributed by atoms with E-state index in [2.05, 4.69) is 5.10 Å². The molecule has 0 aromatic heterocycles. The van der Waals surface area contributed by atoms with Gasteiger partial charge in [0.25, 0.3) is 5.78 Å². The highest BCUT2D eigenvalue weighted by Crippen LogP contribution is 2.27. The Kier molecular flexibility index (Phi) is 4.10. The zero-order chi connectivity index (χ0) is 16.4. The lowest BCUT2D eigenvalue weighted by atomic mass is 10.1. The van der Waals surface area contributed by atoms with E-state index in [1.54, 1.807) is 6.92 Å². The Balaban J connectivity index is 1.85. The second-order valence-electron chi connectivity index (χ2n) is 5.47. The molecule has 0 radical (unpaired) electrons. The van der Waals surface area contributed by atoms with Crippen molar-refractivity contribution >= 4 is 28.2 Å². The van der Waals surface area contributed by atoms with Crippen LogP contribution in [0, 0.1) is 0 Å². The van der Waals surface area contributed by atoms with Crippen LogP contribution in [0.15, 0.2) is 47.6 Å². The Morgan fingerprint density at radius 1 is 1.13 bits per heavy atom. The van der Waals surface area contributed by atoms with Gasteiger partial charge in [-0.25, -0.2) is 0 Å². The number of nitrogens with zero attached hydrogens (tertiary/aromatic N) is 2. The molecular weight excluding hydrogens is 292 g/mol. The van der Waals surface area contributed by atoms with E-state index < -0.39 is 17.9 Å². The van der Waals surface area contributed by atoms with Crippen LogP contribution in [-0.2, 0) is 9.59 Å². The largest absolute Gasteiger partial charge is 0.468 e. The van der Waals surface area contributed by atoms with E-state index >= 15 is 0 Å². The molecule has 118 valence electrons. The lowest BCUT2D eigenvalue weighted by molar-refractivity contribution is -0.144. The smallest absolute Gasteiger partial charge is 0.319 e. The third-order valence-electron chi connectivity index (χ3n) is 3.77. The van der Waals surface area contributed by atoms with Gasteiger partial charge in [0, 0.05) is 5.39 Å².